The zero-order valence-corrected chi connectivity index (χ0v) is 15.1. The van der Waals surface area contributed by atoms with E-state index in [4.69, 9.17) is 4.74 Å². The average molecular weight is 376 g/mol. The second kappa shape index (κ2) is 9.23. The Morgan fingerprint density at radius 3 is 2.11 bits per heavy atom. The number of ether oxygens (including phenoxy) is 1. The number of para-hydroxylation sites is 1. The molecule has 6 heteroatoms. The van der Waals surface area contributed by atoms with Crippen molar-refractivity contribution >= 4 is 23.4 Å². The standard InChI is InChI=1S/C22H20N2O4/c25-19-13-7-12-18(23-22(27)28-15-17-10-5-2-6-11-17)21(19)24-20(26)14-16-8-3-1-4-9-16/h1-13,25H,14-15H2,(H,23,27)(H,24,26). The Labute approximate surface area is 162 Å². The molecular weight excluding hydrogens is 356 g/mol. The number of amides is 2. The lowest BCUT2D eigenvalue weighted by atomic mass is 10.1. The molecule has 0 radical (unpaired) electrons. The molecule has 3 rings (SSSR count). The molecule has 142 valence electrons. The van der Waals surface area contributed by atoms with Crippen molar-refractivity contribution in [2.24, 2.45) is 0 Å². The second-order valence-electron chi connectivity index (χ2n) is 6.10. The summed E-state index contributed by atoms with van der Waals surface area (Å²) in [5.74, 6) is -0.462. The van der Waals surface area contributed by atoms with Gasteiger partial charge >= 0.3 is 6.09 Å². The van der Waals surface area contributed by atoms with Crippen LogP contribution in [-0.2, 0) is 22.6 Å². The van der Waals surface area contributed by atoms with Crippen molar-refractivity contribution < 1.29 is 19.4 Å². The minimum absolute atomic E-state index is 0.112. The lowest BCUT2D eigenvalue weighted by molar-refractivity contribution is -0.115. The number of carbonyl (C=O) groups excluding carboxylic acids is 2. The summed E-state index contributed by atoms with van der Waals surface area (Å²) in [6.07, 6.45) is -0.541. The smallest absolute Gasteiger partial charge is 0.412 e. The summed E-state index contributed by atoms with van der Waals surface area (Å²) in [7, 11) is 0. The van der Waals surface area contributed by atoms with Crippen LogP contribution in [0, 0.1) is 0 Å². The molecule has 0 heterocycles. The summed E-state index contributed by atoms with van der Waals surface area (Å²) >= 11 is 0. The van der Waals surface area contributed by atoms with Crippen LogP contribution in [0.1, 0.15) is 11.1 Å². The van der Waals surface area contributed by atoms with Crippen molar-refractivity contribution in [1.82, 2.24) is 0 Å². The highest BCUT2D eigenvalue weighted by Crippen LogP contribution is 2.31. The normalized spacial score (nSPS) is 10.1. The summed E-state index contributed by atoms with van der Waals surface area (Å²) in [4.78, 5) is 24.4. The number of hydrogen-bond donors (Lipinski definition) is 3. The lowest BCUT2D eigenvalue weighted by Crippen LogP contribution is -2.18. The molecule has 3 aromatic rings. The van der Waals surface area contributed by atoms with Crippen molar-refractivity contribution in [3.05, 3.63) is 90.0 Å². The van der Waals surface area contributed by atoms with Crippen LogP contribution in [0.3, 0.4) is 0 Å². The Kier molecular flexibility index (Phi) is 6.25. The molecule has 0 atom stereocenters. The quantitative estimate of drug-likeness (QED) is 0.559. The van der Waals surface area contributed by atoms with Gasteiger partial charge in [-0.15, -0.1) is 0 Å². The van der Waals surface area contributed by atoms with Crippen LogP contribution in [0.5, 0.6) is 5.75 Å². The topological polar surface area (TPSA) is 87.7 Å². The number of hydrogen-bond acceptors (Lipinski definition) is 4. The third-order valence-electron chi connectivity index (χ3n) is 3.96. The zero-order chi connectivity index (χ0) is 19.8. The maximum absolute atomic E-state index is 12.3. The predicted octanol–water partition coefficient (Wildman–Crippen LogP) is 4.32. The van der Waals surface area contributed by atoms with Gasteiger partial charge in [-0.3, -0.25) is 10.1 Å². The van der Waals surface area contributed by atoms with Crippen LogP contribution in [0.4, 0.5) is 16.2 Å². The molecule has 0 saturated carbocycles. The molecule has 0 bridgehead atoms. The fraction of sp³-hybridized carbons (Fsp3) is 0.0909. The summed E-state index contributed by atoms with van der Waals surface area (Å²) in [6, 6.07) is 23.1. The van der Waals surface area contributed by atoms with Crippen molar-refractivity contribution in [2.45, 2.75) is 13.0 Å². The van der Waals surface area contributed by atoms with Gasteiger partial charge in [0, 0.05) is 0 Å². The lowest BCUT2D eigenvalue weighted by Gasteiger charge is -2.14. The van der Waals surface area contributed by atoms with Gasteiger partial charge in [0.2, 0.25) is 5.91 Å². The largest absolute Gasteiger partial charge is 0.506 e. The first-order valence-corrected chi connectivity index (χ1v) is 8.75. The van der Waals surface area contributed by atoms with E-state index < -0.39 is 6.09 Å². The summed E-state index contributed by atoms with van der Waals surface area (Å²) in [5, 5.41) is 15.3. The van der Waals surface area contributed by atoms with Gasteiger partial charge in [-0.1, -0.05) is 66.7 Å². The number of aromatic hydroxyl groups is 1. The molecule has 3 N–H and O–H groups in total. The maximum atomic E-state index is 12.3. The van der Waals surface area contributed by atoms with E-state index in [-0.39, 0.29) is 36.1 Å². The first-order valence-electron chi connectivity index (χ1n) is 8.75. The van der Waals surface area contributed by atoms with Crippen molar-refractivity contribution in [2.75, 3.05) is 10.6 Å². The van der Waals surface area contributed by atoms with Gasteiger partial charge in [-0.25, -0.2) is 4.79 Å². The third-order valence-corrected chi connectivity index (χ3v) is 3.96. The van der Waals surface area contributed by atoms with Gasteiger partial charge in [0.05, 0.1) is 12.1 Å². The van der Waals surface area contributed by atoms with Gasteiger partial charge < -0.3 is 15.2 Å². The second-order valence-corrected chi connectivity index (χ2v) is 6.10. The van der Waals surface area contributed by atoms with E-state index in [0.29, 0.717) is 0 Å². The van der Waals surface area contributed by atoms with E-state index >= 15 is 0 Å². The van der Waals surface area contributed by atoms with Gasteiger partial charge in [0.1, 0.15) is 18.0 Å². The van der Waals surface area contributed by atoms with Crippen LogP contribution in [0.2, 0.25) is 0 Å². The Morgan fingerprint density at radius 1 is 0.786 bits per heavy atom. The Bertz CT molecular complexity index is 943. The minimum Gasteiger partial charge on any atom is -0.506 e. The van der Waals surface area contributed by atoms with Crippen molar-refractivity contribution in [1.29, 1.82) is 0 Å². The summed E-state index contributed by atoms with van der Waals surface area (Å²) in [5.41, 5.74) is 2.07. The van der Waals surface area contributed by atoms with Crippen LogP contribution in [-0.4, -0.2) is 17.1 Å². The highest BCUT2D eigenvalue weighted by molar-refractivity contribution is 6.00. The molecular formula is C22H20N2O4. The van der Waals surface area contributed by atoms with E-state index in [9.17, 15) is 14.7 Å². The van der Waals surface area contributed by atoms with E-state index in [1.54, 1.807) is 12.1 Å². The van der Waals surface area contributed by atoms with E-state index in [2.05, 4.69) is 10.6 Å². The number of benzene rings is 3. The average Bonchev–Trinajstić information content (AvgIpc) is 2.70. The van der Waals surface area contributed by atoms with Crippen molar-refractivity contribution in [3.8, 4) is 5.75 Å². The molecule has 0 saturated heterocycles. The maximum Gasteiger partial charge on any atom is 0.412 e. The molecule has 0 unspecified atom stereocenters. The van der Waals surface area contributed by atoms with E-state index in [0.717, 1.165) is 11.1 Å². The van der Waals surface area contributed by atoms with Gasteiger partial charge in [-0.05, 0) is 23.3 Å². The molecule has 0 aliphatic heterocycles. The Morgan fingerprint density at radius 2 is 1.43 bits per heavy atom. The predicted molar refractivity (Wildman–Crippen MR) is 107 cm³/mol. The van der Waals surface area contributed by atoms with Gasteiger partial charge in [-0.2, -0.15) is 0 Å². The Balaban J connectivity index is 1.64. The third kappa shape index (κ3) is 5.35. The van der Waals surface area contributed by atoms with Crippen LogP contribution < -0.4 is 10.6 Å². The fourth-order valence-electron chi connectivity index (χ4n) is 2.61. The first-order chi connectivity index (χ1) is 13.6. The van der Waals surface area contributed by atoms with Crippen LogP contribution >= 0.6 is 0 Å². The highest BCUT2D eigenvalue weighted by atomic mass is 16.5. The Hall–Kier alpha value is -3.80. The minimum atomic E-state index is -0.687. The number of carbonyl (C=O) groups is 2. The number of phenolic OH excluding ortho intramolecular Hbond substituents is 1. The SMILES string of the molecule is O=C(Cc1ccccc1)Nc1c(O)cccc1NC(=O)OCc1ccccc1. The number of rotatable bonds is 6. The number of anilines is 2. The molecule has 3 aromatic carbocycles. The monoisotopic (exact) mass is 376 g/mol. The molecule has 0 aromatic heterocycles. The first kappa shape index (κ1) is 19.0. The molecule has 0 fully saturated rings. The summed E-state index contributed by atoms with van der Waals surface area (Å²) < 4.78 is 5.18. The van der Waals surface area contributed by atoms with E-state index in [1.807, 2.05) is 60.7 Å². The van der Waals surface area contributed by atoms with Gasteiger partial charge in [0.15, 0.2) is 0 Å². The highest BCUT2D eigenvalue weighted by Gasteiger charge is 2.14. The number of nitrogens with one attached hydrogen (secondary N) is 2. The van der Waals surface area contributed by atoms with E-state index in [1.165, 1.54) is 6.07 Å². The molecule has 0 spiro atoms. The number of phenols is 1. The van der Waals surface area contributed by atoms with Crippen LogP contribution in [0.25, 0.3) is 0 Å². The molecule has 0 aliphatic rings. The molecule has 2 amide bonds. The molecule has 28 heavy (non-hydrogen) atoms. The van der Waals surface area contributed by atoms with Crippen LogP contribution in [0.15, 0.2) is 78.9 Å². The zero-order valence-electron chi connectivity index (χ0n) is 15.1. The molecule has 0 aliphatic carbocycles. The molecule has 6 nitrogen and oxygen atoms in total. The summed E-state index contributed by atoms with van der Waals surface area (Å²) in [6.45, 7) is 0.112. The van der Waals surface area contributed by atoms with Crippen molar-refractivity contribution in [3.63, 3.8) is 0 Å². The van der Waals surface area contributed by atoms with Gasteiger partial charge in [0.25, 0.3) is 0 Å². The fourth-order valence-corrected chi connectivity index (χ4v) is 2.61.